The summed E-state index contributed by atoms with van der Waals surface area (Å²) in [7, 11) is 0. The minimum Gasteiger partial charge on any atom is -0.342 e. The molecule has 1 aromatic heterocycles. The van der Waals surface area contributed by atoms with Crippen LogP contribution in [0, 0.1) is 5.82 Å². The molecule has 0 fully saturated rings. The number of hydrogen-bond acceptors (Lipinski definition) is 3. The highest BCUT2D eigenvalue weighted by molar-refractivity contribution is 6.26. The zero-order valence-electron chi connectivity index (χ0n) is 13.8. The number of halogens is 4. The second kappa shape index (κ2) is 5.59. The van der Waals surface area contributed by atoms with Crippen molar-refractivity contribution < 1.29 is 22.7 Å². The first-order chi connectivity index (χ1) is 12.9. The first-order valence-corrected chi connectivity index (χ1v) is 8.79. The third-order valence-corrected chi connectivity index (χ3v) is 5.72. The molecule has 3 atom stereocenters. The van der Waals surface area contributed by atoms with Crippen molar-refractivity contribution in [2.75, 3.05) is 0 Å². The number of aromatic nitrogens is 2. The SMILES string of the molecule is O=C1NC2CC(C3=C1C=CCC3(Cl)OC(F)F)n1c2nc2cc(F)ccc21. The smallest absolute Gasteiger partial charge is 0.342 e. The van der Waals surface area contributed by atoms with E-state index in [4.69, 9.17) is 16.3 Å². The average Bonchev–Trinajstić information content (AvgIpc) is 3.05. The van der Waals surface area contributed by atoms with Gasteiger partial charge in [-0.3, -0.25) is 9.53 Å². The van der Waals surface area contributed by atoms with E-state index in [0.717, 1.165) is 0 Å². The van der Waals surface area contributed by atoms with Gasteiger partial charge in [0.15, 0.2) is 5.06 Å². The number of benzene rings is 1. The molecule has 0 radical (unpaired) electrons. The van der Waals surface area contributed by atoms with E-state index >= 15 is 0 Å². The fraction of sp³-hybridized carbons (Fsp3) is 0.333. The normalized spacial score (nSPS) is 29.1. The number of nitrogens with one attached hydrogen (secondary N) is 1. The molecule has 2 aromatic rings. The summed E-state index contributed by atoms with van der Waals surface area (Å²) >= 11 is 6.50. The van der Waals surface area contributed by atoms with Crippen LogP contribution in [-0.4, -0.2) is 27.1 Å². The molecule has 1 N–H and O–H groups in total. The summed E-state index contributed by atoms with van der Waals surface area (Å²) in [5, 5.41) is 1.03. The van der Waals surface area contributed by atoms with E-state index in [0.29, 0.717) is 23.3 Å². The number of ether oxygens (including phenoxy) is 1. The van der Waals surface area contributed by atoms with Gasteiger partial charge in [0.25, 0.3) is 5.91 Å². The molecule has 0 saturated heterocycles. The van der Waals surface area contributed by atoms with E-state index in [-0.39, 0.29) is 17.6 Å². The highest BCUT2D eigenvalue weighted by Crippen LogP contribution is 2.52. The van der Waals surface area contributed by atoms with Gasteiger partial charge in [-0.2, -0.15) is 8.78 Å². The van der Waals surface area contributed by atoms with Gasteiger partial charge in [0.05, 0.1) is 23.1 Å². The number of nitrogens with zero attached hydrogens (tertiary/aromatic N) is 2. The minimum atomic E-state index is -3.10. The van der Waals surface area contributed by atoms with Crippen molar-refractivity contribution in [3.8, 4) is 0 Å². The Morgan fingerprint density at radius 3 is 3.00 bits per heavy atom. The van der Waals surface area contributed by atoms with Crippen molar-refractivity contribution in [1.82, 2.24) is 14.9 Å². The molecule has 1 amide bonds. The monoisotopic (exact) mass is 395 g/mol. The number of hydrogen-bond donors (Lipinski definition) is 1. The molecule has 0 saturated carbocycles. The maximum atomic E-state index is 13.6. The summed E-state index contributed by atoms with van der Waals surface area (Å²) in [6.07, 6.45) is 3.55. The fourth-order valence-electron chi connectivity index (χ4n) is 4.31. The van der Waals surface area contributed by atoms with Gasteiger partial charge in [-0.25, -0.2) is 9.37 Å². The van der Waals surface area contributed by atoms with E-state index in [9.17, 15) is 18.0 Å². The molecule has 5 rings (SSSR count). The molecule has 2 bridgehead atoms. The predicted molar refractivity (Wildman–Crippen MR) is 90.7 cm³/mol. The number of carbonyl (C=O) groups excluding carboxylic acids is 1. The zero-order valence-corrected chi connectivity index (χ0v) is 14.5. The fourth-order valence-corrected chi connectivity index (χ4v) is 4.70. The number of carbonyl (C=O) groups is 1. The van der Waals surface area contributed by atoms with Crippen LogP contribution in [0.15, 0.2) is 41.5 Å². The van der Waals surface area contributed by atoms with Crippen molar-refractivity contribution in [3.05, 3.63) is 53.1 Å². The van der Waals surface area contributed by atoms with Gasteiger partial charge < -0.3 is 9.88 Å². The van der Waals surface area contributed by atoms with Crippen LogP contribution in [0.4, 0.5) is 13.2 Å². The molecule has 1 aliphatic carbocycles. The summed E-state index contributed by atoms with van der Waals surface area (Å²) in [4.78, 5) is 17.1. The van der Waals surface area contributed by atoms with Crippen molar-refractivity contribution in [2.45, 2.75) is 36.6 Å². The molecule has 3 heterocycles. The van der Waals surface area contributed by atoms with E-state index in [1.807, 2.05) is 4.57 Å². The molecule has 27 heavy (non-hydrogen) atoms. The van der Waals surface area contributed by atoms with Crippen LogP contribution in [0.2, 0.25) is 0 Å². The molecule has 9 heteroatoms. The molecule has 5 nitrogen and oxygen atoms in total. The second-order valence-corrected chi connectivity index (χ2v) is 7.40. The van der Waals surface area contributed by atoms with E-state index in [2.05, 4.69) is 10.3 Å². The first kappa shape index (κ1) is 16.8. The lowest BCUT2D eigenvalue weighted by Gasteiger charge is -2.35. The second-order valence-electron chi connectivity index (χ2n) is 6.79. The lowest BCUT2D eigenvalue weighted by Crippen LogP contribution is -2.38. The molecule has 3 aliphatic rings. The van der Waals surface area contributed by atoms with Gasteiger partial charge in [-0.05, 0) is 18.6 Å². The van der Waals surface area contributed by atoms with Crippen LogP contribution in [-0.2, 0) is 9.53 Å². The Labute approximate surface area is 156 Å². The maximum Gasteiger partial charge on any atom is 0.347 e. The first-order valence-electron chi connectivity index (χ1n) is 8.42. The number of amides is 1. The van der Waals surface area contributed by atoms with Crippen molar-refractivity contribution in [1.29, 1.82) is 0 Å². The minimum absolute atomic E-state index is 0.00274. The highest BCUT2D eigenvalue weighted by atomic mass is 35.5. The Bertz CT molecular complexity index is 1050. The molecule has 2 aliphatic heterocycles. The molecule has 0 spiro atoms. The van der Waals surface area contributed by atoms with Crippen LogP contribution in [0.3, 0.4) is 0 Å². The third kappa shape index (κ3) is 2.36. The van der Waals surface area contributed by atoms with E-state index < -0.39 is 35.5 Å². The van der Waals surface area contributed by atoms with Crippen molar-refractivity contribution in [2.24, 2.45) is 0 Å². The summed E-state index contributed by atoms with van der Waals surface area (Å²) < 4.78 is 46.4. The van der Waals surface area contributed by atoms with E-state index in [1.54, 1.807) is 18.2 Å². The summed E-state index contributed by atoms with van der Waals surface area (Å²) in [6.45, 7) is -3.10. The highest BCUT2D eigenvalue weighted by Gasteiger charge is 2.50. The largest absolute Gasteiger partial charge is 0.347 e. The Balaban J connectivity index is 1.76. The number of fused-ring (bicyclic) bond motifs is 8. The van der Waals surface area contributed by atoms with E-state index in [1.165, 1.54) is 12.1 Å². The number of rotatable bonds is 2. The van der Waals surface area contributed by atoms with Gasteiger partial charge in [0, 0.05) is 23.6 Å². The van der Waals surface area contributed by atoms with Gasteiger partial charge >= 0.3 is 6.61 Å². The molecular formula is C18H13ClF3N3O2. The quantitative estimate of drug-likeness (QED) is 0.788. The van der Waals surface area contributed by atoms with Gasteiger partial charge in [0.2, 0.25) is 0 Å². The Morgan fingerprint density at radius 2 is 2.22 bits per heavy atom. The molecular weight excluding hydrogens is 383 g/mol. The van der Waals surface area contributed by atoms with Crippen LogP contribution >= 0.6 is 11.6 Å². The summed E-state index contributed by atoms with van der Waals surface area (Å²) in [6, 6.07) is 3.27. The summed E-state index contributed by atoms with van der Waals surface area (Å²) in [5.74, 6) is -0.300. The maximum absolute atomic E-state index is 13.6. The Hall–Kier alpha value is -2.32. The number of imidazole rings is 1. The summed E-state index contributed by atoms with van der Waals surface area (Å²) in [5.41, 5.74) is 1.58. The lowest BCUT2D eigenvalue weighted by atomic mass is 9.88. The predicted octanol–water partition coefficient (Wildman–Crippen LogP) is 3.72. The topological polar surface area (TPSA) is 56.1 Å². The molecule has 140 valence electrons. The third-order valence-electron chi connectivity index (χ3n) is 5.28. The Kier molecular flexibility index (Phi) is 3.48. The van der Waals surface area contributed by atoms with Crippen LogP contribution in [0.25, 0.3) is 11.0 Å². The molecule has 3 unspecified atom stereocenters. The van der Waals surface area contributed by atoms with Crippen LogP contribution in [0.1, 0.15) is 30.7 Å². The van der Waals surface area contributed by atoms with Crippen LogP contribution < -0.4 is 5.32 Å². The van der Waals surface area contributed by atoms with Crippen molar-refractivity contribution in [3.63, 3.8) is 0 Å². The van der Waals surface area contributed by atoms with Crippen LogP contribution in [0.5, 0.6) is 0 Å². The van der Waals surface area contributed by atoms with Gasteiger partial charge in [0.1, 0.15) is 11.6 Å². The standard InChI is InChI=1S/C18H13ClF3N3O2/c19-18(27-17(21)22)5-1-2-9-14(18)13-7-11(24-16(9)26)15-23-10-6-8(20)3-4-12(10)25(13)15/h1-4,6,11,13,17H,5,7H2,(H,24,26). The van der Waals surface area contributed by atoms with Gasteiger partial charge in [-0.1, -0.05) is 23.8 Å². The van der Waals surface area contributed by atoms with Gasteiger partial charge in [-0.15, -0.1) is 0 Å². The average molecular weight is 396 g/mol. The zero-order chi connectivity index (χ0) is 18.9. The molecule has 1 aromatic carbocycles. The van der Waals surface area contributed by atoms with Crippen molar-refractivity contribution >= 4 is 28.5 Å². The lowest BCUT2D eigenvalue weighted by molar-refractivity contribution is -0.168. The Morgan fingerprint density at radius 1 is 1.41 bits per heavy atom. The number of alkyl halides is 3.